The third-order valence-electron chi connectivity index (χ3n) is 5.01. The first-order chi connectivity index (χ1) is 15.1. The molecule has 1 aliphatic heterocycles. The Morgan fingerprint density at radius 3 is 2.61 bits per heavy atom. The second kappa shape index (κ2) is 9.10. The Labute approximate surface area is 185 Å². The molecule has 0 unspecified atom stereocenters. The average molecular weight is 437 g/mol. The number of fused-ring (bicyclic) bond motifs is 1. The van der Waals surface area contributed by atoms with Gasteiger partial charge in [-0.05, 0) is 35.9 Å². The van der Waals surface area contributed by atoms with Gasteiger partial charge in [-0.15, -0.1) is 0 Å². The van der Waals surface area contributed by atoms with E-state index in [0.717, 1.165) is 5.56 Å². The van der Waals surface area contributed by atoms with E-state index in [1.807, 2.05) is 36.4 Å². The van der Waals surface area contributed by atoms with Crippen molar-refractivity contribution < 1.29 is 19.1 Å². The molecule has 4 rings (SSSR count). The number of halogens is 1. The van der Waals surface area contributed by atoms with Crippen LogP contribution < -0.4 is 19.7 Å². The lowest BCUT2D eigenvalue weighted by Gasteiger charge is -2.34. The minimum atomic E-state index is -0.854. The summed E-state index contributed by atoms with van der Waals surface area (Å²) >= 11 is 6.12. The molecule has 31 heavy (non-hydrogen) atoms. The minimum absolute atomic E-state index is 0.0616. The van der Waals surface area contributed by atoms with Crippen LogP contribution in [0.15, 0.2) is 72.8 Å². The van der Waals surface area contributed by atoms with Crippen molar-refractivity contribution in [1.29, 1.82) is 0 Å². The number of methoxy groups -OCH3 is 1. The fourth-order valence-electron chi connectivity index (χ4n) is 3.45. The van der Waals surface area contributed by atoms with Crippen LogP contribution in [-0.2, 0) is 11.3 Å². The highest BCUT2D eigenvalue weighted by atomic mass is 35.5. The molecular formula is C24H21ClN2O4. The number of para-hydroxylation sites is 2. The summed E-state index contributed by atoms with van der Waals surface area (Å²) in [5.74, 6) is 0.247. The standard InChI is InChI=1S/C24H21ClN2O4/c1-30-20-12-11-17(25)13-18(20)24(29)27-15-22(31-21-10-6-5-9-19(21)27)23(28)26-14-16-7-3-2-4-8-16/h2-13,22H,14-15H2,1H3,(H,26,28)/t22-/m0/s1. The van der Waals surface area contributed by atoms with Gasteiger partial charge in [0.05, 0.1) is 24.9 Å². The SMILES string of the molecule is COc1ccc(Cl)cc1C(=O)N1C[C@@H](C(=O)NCc2ccccc2)Oc2ccccc21. The number of nitrogens with one attached hydrogen (secondary N) is 1. The van der Waals surface area contributed by atoms with E-state index in [1.165, 1.54) is 12.0 Å². The zero-order chi connectivity index (χ0) is 21.8. The molecular weight excluding hydrogens is 416 g/mol. The molecule has 0 spiro atoms. The van der Waals surface area contributed by atoms with E-state index in [1.54, 1.807) is 36.4 Å². The number of benzene rings is 3. The highest BCUT2D eigenvalue weighted by molar-refractivity contribution is 6.31. The zero-order valence-electron chi connectivity index (χ0n) is 16.9. The van der Waals surface area contributed by atoms with Gasteiger partial charge >= 0.3 is 0 Å². The number of anilines is 1. The molecule has 3 aromatic carbocycles. The predicted molar refractivity (Wildman–Crippen MR) is 119 cm³/mol. The zero-order valence-corrected chi connectivity index (χ0v) is 17.6. The number of carbonyl (C=O) groups excluding carboxylic acids is 2. The van der Waals surface area contributed by atoms with Crippen LogP contribution in [0.1, 0.15) is 15.9 Å². The third kappa shape index (κ3) is 4.49. The lowest BCUT2D eigenvalue weighted by molar-refractivity contribution is -0.127. The maximum Gasteiger partial charge on any atom is 0.263 e. The van der Waals surface area contributed by atoms with Gasteiger partial charge in [-0.25, -0.2) is 0 Å². The van der Waals surface area contributed by atoms with Crippen molar-refractivity contribution >= 4 is 29.1 Å². The number of rotatable bonds is 5. The van der Waals surface area contributed by atoms with Crippen LogP contribution in [0.5, 0.6) is 11.5 Å². The van der Waals surface area contributed by atoms with Crippen LogP contribution in [-0.4, -0.2) is 31.6 Å². The van der Waals surface area contributed by atoms with Crippen LogP contribution in [0, 0.1) is 0 Å². The van der Waals surface area contributed by atoms with Crippen molar-refractivity contribution in [3.05, 3.63) is 88.9 Å². The van der Waals surface area contributed by atoms with E-state index in [0.29, 0.717) is 34.3 Å². The molecule has 6 nitrogen and oxygen atoms in total. The molecule has 1 N–H and O–H groups in total. The van der Waals surface area contributed by atoms with Gasteiger partial charge in [-0.3, -0.25) is 9.59 Å². The van der Waals surface area contributed by atoms with Crippen molar-refractivity contribution in [2.75, 3.05) is 18.6 Å². The molecule has 0 aromatic heterocycles. The molecule has 0 bridgehead atoms. The summed E-state index contributed by atoms with van der Waals surface area (Å²) in [7, 11) is 1.49. The van der Waals surface area contributed by atoms with Crippen molar-refractivity contribution in [2.24, 2.45) is 0 Å². The van der Waals surface area contributed by atoms with Crippen LogP contribution >= 0.6 is 11.6 Å². The second-order valence-corrected chi connectivity index (χ2v) is 7.47. The highest BCUT2D eigenvalue weighted by Gasteiger charge is 2.35. The molecule has 2 amide bonds. The molecule has 3 aromatic rings. The van der Waals surface area contributed by atoms with Gasteiger partial charge in [0.2, 0.25) is 0 Å². The molecule has 0 aliphatic carbocycles. The Bertz CT molecular complexity index is 1100. The van der Waals surface area contributed by atoms with Gasteiger partial charge < -0.3 is 19.7 Å². The summed E-state index contributed by atoms with van der Waals surface area (Å²) in [4.78, 5) is 27.8. The van der Waals surface area contributed by atoms with Crippen LogP contribution in [0.25, 0.3) is 0 Å². The van der Waals surface area contributed by atoms with E-state index >= 15 is 0 Å². The number of hydrogen-bond acceptors (Lipinski definition) is 4. The van der Waals surface area contributed by atoms with E-state index < -0.39 is 6.10 Å². The van der Waals surface area contributed by atoms with Gasteiger partial charge in [0.15, 0.2) is 6.10 Å². The number of carbonyl (C=O) groups is 2. The summed E-state index contributed by atoms with van der Waals surface area (Å²) in [6, 6.07) is 21.6. The Balaban J connectivity index is 1.59. The predicted octanol–water partition coefficient (Wildman–Crippen LogP) is 4.07. The summed E-state index contributed by atoms with van der Waals surface area (Å²) in [6.45, 7) is 0.434. The number of hydrogen-bond donors (Lipinski definition) is 1. The quantitative estimate of drug-likeness (QED) is 0.654. The summed E-state index contributed by atoms with van der Waals surface area (Å²) < 4.78 is 11.3. The molecule has 0 saturated heterocycles. The molecule has 158 valence electrons. The lowest BCUT2D eigenvalue weighted by atomic mass is 10.1. The van der Waals surface area contributed by atoms with E-state index in [4.69, 9.17) is 21.1 Å². The molecule has 1 heterocycles. The first-order valence-corrected chi connectivity index (χ1v) is 10.2. The minimum Gasteiger partial charge on any atom is -0.496 e. The Morgan fingerprint density at radius 2 is 1.84 bits per heavy atom. The number of ether oxygens (including phenoxy) is 2. The Morgan fingerprint density at radius 1 is 1.10 bits per heavy atom. The van der Waals surface area contributed by atoms with Gasteiger partial charge in [-0.1, -0.05) is 54.1 Å². The molecule has 1 aliphatic rings. The van der Waals surface area contributed by atoms with Crippen LogP contribution in [0.3, 0.4) is 0 Å². The number of nitrogens with zero attached hydrogens (tertiary/aromatic N) is 1. The number of amides is 2. The van der Waals surface area contributed by atoms with Crippen LogP contribution in [0.2, 0.25) is 5.02 Å². The molecule has 1 atom stereocenters. The van der Waals surface area contributed by atoms with Gasteiger partial charge in [0, 0.05) is 11.6 Å². The maximum absolute atomic E-state index is 13.4. The van der Waals surface area contributed by atoms with E-state index in [-0.39, 0.29) is 18.4 Å². The van der Waals surface area contributed by atoms with Gasteiger partial charge in [0.25, 0.3) is 11.8 Å². The molecule has 7 heteroatoms. The summed E-state index contributed by atoms with van der Waals surface area (Å²) in [5, 5.41) is 3.30. The van der Waals surface area contributed by atoms with E-state index in [2.05, 4.69) is 5.32 Å². The fraction of sp³-hybridized carbons (Fsp3) is 0.167. The smallest absolute Gasteiger partial charge is 0.263 e. The van der Waals surface area contributed by atoms with Gasteiger partial charge in [-0.2, -0.15) is 0 Å². The molecule has 0 fully saturated rings. The van der Waals surface area contributed by atoms with Gasteiger partial charge in [0.1, 0.15) is 11.5 Å². The van der Waals surface area contributed by atoms with Crippen molar-refractivity contribution in [3.63, 3.8) is 0 Å². The fourth-order valence-corrected chi connectivity index (χ4v) is 3.63. The monoisotopic (exact) mass is 436 g/mol. The highest BCUT2D eigenvalue weighted by Crippen LogP contribution is 2.35. The normalized spacial score (nSPS) is 14.9. The first-order valence-electron chi connectivity index (χ1n) is 9.79. The maximum atomic E-state index is 13.4. The van der Waals surface area contributed by atoms with E-state index in [9.17, 15) is 9.59 Å². The van der Waals surface area contributed by atoms with Crippen LogP contribution in [0.4, 0.5) is 5.69 Å². The average Bonchev–Trinajstić information content (AvgIpc) is 2.82. The lowest BCUT2D eigenvalue weighted by Crippen LogP contribution is -2.50. The molecule has 0 saturated carbocycles. The van der Waals surface area contributed by atoms with Crippen molar-refractivity contribution in [3.8, 4) is 11.5 Å². The van der Waals surface area contributed by atoms with Crippen molar-refractivity contribution in [1.82, 2.24) is 5.32 Å². The second-order valence-electron chi connectivity index (χ2n) is 7.04. The summed E-state index contributed by atoms with van der Waals surface area (Å²) in [6.07, 6.45) is -0.854. The Hall–Kier alpha value is -3.51. The Kier molecular flexibility index (Phi) is 6.09. The topological polar surface area (TPSA) is 67.9 Å². The third-order valence-corrected chi connectivity index (χ3v) is 5.25. The first kappa shape index (κ1) is 20.8. The van der Waals surface area contributed by atoms with Crippen molar-refractivity contribution in [2.45, 2.75) is 12.6 Å². The largest absolute Gasteiger partial charge is 0.496 e. The molecule has 0 radical (unpaired) electrons. The summed E-state index contributed by atoms with van der Waals surface area (Å²) in [5.41, 5.74) is 1.88.